The van der Waals surface area contributed by atoms with Crippen LogP contribution < -0.4 is 20.3 Å². The fourth-order valence-electron chi connectivity index (χ4n) is 8.92. The van der Waals surface area contributed by atoms with Gasteiger partial charge in [-0.2, -0.15) is 0 Å². The van der Waals surface area contributed by atoms with Gasteiger partial charge in [0, 0.05) is 100 Å². The van der Waals surface area contributed by atoms with Gasteiger partial charge in [0.1, 0.15) is 11.8 Å². The number of halogens is 3. The van der Waals surface area contributed by atoms with Crippen LogP contribution in [0.4, 0.5) is 23.7 Å². The van der Waals surface area contributed by atoms with Crippen molar-refractivity contribution in [3.8, 4) is 16.9 Å². The van der Waals surface area contributed by atoms with Gasteiger partial charge in [-0.25, -0.2) is 4.79 Å². The Morgan fingerprint density at radius 1 is 0.833 bits per heavy atom. The van der Waals surface area contributed by atoms with Crippen LogP contribution in [0, 0.1) is 5.92 Å². The van der Waals surface area contributed by atoms with Crippen LogP contribution >= 0.6 is 0 Å². The van der Waals surface area contributed by atoms with Gasteiger partial charge in [0.15, 0.2) is 0 Å². The second-order valence-corrected chi connectivity index (χ2v) is 15.9. The van der Waals surface area contributed by atoms with E-state index in [4.69, 9.17) is 5.11 Å². The molecule has 4 aromatic rings. The van der Waals surface area contributed by atoms with E-state index in [1.54, 1.807) is 24.3 Å². The fraction of sp³-hybridized carbons (Fsp3) is 0.419. The average molecular weight is 830 g/mol. The summed E-state index contributed by atoms with van der Waals surface area (Å²) in [5.74, 6) is -1.82. The van der Waals surface area contributed by atoms with Crippen LogP contribution in [0.2, 0.25) is 0 Å². The molecule has 3 fully saturated rings. The number of aromatic nitrogens is 1. The molecule has 4 aliphatic rings. The van der Waals surface area contributed by atoms with Crippen molar-refractivity contribution in [3.63, 3.8) is 0 Å². The zero-order valence-corrected chi connectivity index (χ0v) is 32.9. The lowest BCUT2D eigenvalue weighted by Gasteiger charge is -2.39. The van der Waals surface area contributed by atoms with Crippen LogP contribution in [0.5, 0.6) is 5.75 Å². The predicted molar refractivity (Wildman–Crippen MR) is 214 cm³/mol. The van der Waals surface area contributed by atoms with Gasteiger partial charge in [-0.05, 0) is 85.2 Å². The van der Waals surface area contributed by atoms with Crippen molar-refractivity contribution >= 4 is 46.3 Å². The molecule has 0 bridgehead atoms. The van der Waals surface area contributed by atoms with Gasteiger partial charge >= 0.3 is 12.5 Å². The maximum absolute atomic E-state index is 13.4. The largest absolute Gasteiger partial charge is 0.573 e. The monoisotopic (exact) mass is 829 g/mol. The number of nitrogens with one attached hydrogen (secondary N) is 2. The standard InChI is InChI=1S/C43H46F3N7O7/c44-43(45,46)60-31-6-3-29(4-7-31)35-26-52(15-1-14-47-42(58)59)36-9-2-28(22-33(35)36)25-50-20-18-49(19-21-50)24-27-12-16-51(17-13-27)30-5-8-32-34(23-30)41(57)53(40(32)56)37-10-11-38(54)48-39(37)55/h2-9,22-23,26-27,37,47H,1,10-21,24-25H2,(H,58,59)(H,48,54,55). The van der Waals surface area contributed by atoms with E-state index in [0.717, 1.165) is 103 Å². The van der Waals surface area contributed by atoms with Crippen molar-refractivity contribution in [3.05, 3.63) is 83.6 Å². The first kappa shape index (κ1) is 40.8. The SMILES string of the molecule is O=C(O)NCCCn1cc(-c2ccc(OC(F)(F)F)cc2)c2cc(CN3CCN(CC4CCN(c5ccc6c(c5)C(=O)N(C5CCC(=O)NC5=O)C6=O)CC4)CC3)ccc21. The average Bonchev–Trinajstić information content (AvgIpc) is 3.70. The fourth-order valence-corrected chi connectivity index (χ4v) is 8.92. The minimum atomic E-state index is -4.78. The Balaban J connectivity index is 0.850. The Bertz CT molecular complexity index is 2300. The quantitative estimate of drug-likeness (QED) is 0.127. The molecule has 0 aliphatic carbocycles. The number of imide groups is 2. The summed E-state index contributed by atoms with van der Waals surface area (Å²) >= 11 is 0. The molecule has 316 valence electrons. The highest BCUT2D eigenvalue weighted by Gasteiger charge is 2.45. The second kappa shape index (κ2) is 17.0. The van der Waals surface area contributed by atoms with E-state index in [1.807, 2.05) is 12.3 Å². The molecule has 1 aromatic heterocycles. The third-order valence-corrected chi connectivity index (χ3v) is 12.0. The number of ether oxygens (including phenoxy) is 1. The van der Waals surface area contributed by atoms with Crippen molar-refractivity contribution in [1.82, 2.24) is 29.9 Å². The molecule has 8 rings (SSSR count). The molecule has 3 N–H and O–H groups in total. The van der Waals surface area contributed by atoms with Crippen molar-refractivity contribution in [2.45, 2.75) is 57.6 Å². The van der Waals surface area contributed by atoms with Crippen LogP contribution in [0.3, 0.4) is 0 Å². The number of amides is 5. The van der Waals surface area contributed by atoms with Crippen LogP contribution in [0.1, 0.15) is 58.4 Å². The van der Waals surface area contributed by atoms with E-state index < -0.39 is 42.1 Å². The molecule has 3 aromatic carbocycles. The number of fused-ring (bicyclic) bond motifs is 2. The number of piperidine rings is 2. The van der Waals surface area contributed by atoms with Crippen LogP contribution in [0.15, 0.2) is 66.9 Å². The molecule has 17 heteroatoms. The molecule has 5 amide bonds. The highest BCUT2D eigenvalue weighted by molar-refractivity contribution is 6.23. The normalized spacial score (nSPS) is 19.6. The first-order valence-corrected chi connectivity index (χ1v) is 20.3. The first-order valence-electron chi connectivity index (χ1n) is 20.3. The Labute approximate surface area is 343 Å². The molecular formula is C43H46F3N7O7. The van der Waals surface area contributed by atoms with E-state index in [9.17, 15) is 37.1 Å². The zero-order chi connectivity index (χ0) is 42.1. The maximum Gasteiger partial charge on any atom is 0.573 e. The van der Waals surface area contributed by atoms with Gasteiger partial charge in [0.2, 0.25) is 11.8 Å². The summed E-state index contributed by atoms with van der Waals surface area (Å²) in [5.41, 5.74) is 5.11. The summed E-state index contributed by atoms with van der Waals surface area (Å²) in [5, 5.41) is 14.5. The Kier molecular flexibility index (Phi) is 11.5. The Morgan fingerprint density at radius 3 is 2.25 bits per heavy atom. The molecule has 0 saturated carbocycles. The molecule has 1 atom stereocenters. The summed E-state index contributed by atoms with van der Waals surface area (Å²) in [6.45, 7) is 7.90. The third-order valence-electron chi connectivity index (χ3n) is 12.0. The summed E-state index contributed by atoms with van der Waals surface area (Å²) in [6, 6.07) is 16.4. The summed E-state index contributed by atoms with van der Waals surface area (Å²) in [6.07, 6.45) is -1.17. The van der Waals surface area contributed by atoms with Gasteiger partial charge in [0.25, 0.3) is 11.8 Å². The van der Waals surface area contributed by atoms with Gasteiger partial charge in [-0.1, -0.05) is 18.2 Å². The lowest BCUT2D eigenvalue weighted by atomic mass is 9.95. The number of carbonyl (C=O) groups is 5. The maximum atomic E-state index is 13.4. The van der Waals surface area contributed by atoms with Crippen molar-refractivity contribution in [2.75, 3.05) is 57.3 Å². The molecule has 0 radical (unpaired) electrons. The molecule has 5 heterocycles. The molecule has 0 spiro atoms. The molecular weight excluding hydrogens is 784 g/mol. The number of alkyl halides is 3. The van der Waals surface area contributed by atoms with Gasteiger partial charge in [-0.15, -0.1) is 13.2 Å². The predicted octanol–water partition coefficient (Wildman–Crippen LogP) is 5.30. The van der Waals surface area contributed by atoms with Gasteiger partial charge in [-0.3, -0.25) is 34.3 Å². The smallest absolute Gasteiger partial charge is 0.465 e. The number of anilines is 1. The number of nitrogens with zero attached hydrogens (tertiary/aromatic N) is 5. The number of aryl methyl sites for hydroxylation is 1. The molecule has 14 nitrogen and oxygen atoms in total. The summed E-state index contributed by atoms with van der Waals surface area (Å²) in [7, 11) is 0. The molecule has 4 aliphatic heterocycles. The number of benzene rings is 3. The number of hydrogen-bond acceptors (Lipinski definition) is 9. The first-order chi connectivity index (χ1) is 28.8. The van der Waals surface area contributed by atoms with E-state index in [1.165, 1.54) is 12.1 Å². The van der Waals surface area contributed by atoms with Crippen molar-refractivity contribution in [2.24, 2.45) is 5.92 Å². The lowest BCUT2D eigenvalue weighted by Crippen LogP contribution is -2.54. The number of carboxylic acid groups (broad SMARTS) is 1. The number of piperazine rings is 1. The van der Waals surface area contributed by atoms with Crippen LogP contribution in [-0.2, 0) is 22.7 Å². The van der Waals surface area contributed by atoms with E-state index in [0.29, 0.717) is 18.9 Å². The van der Waals surface area contributed by atoms with Crippen LogP contribution in [-0.4, -0.2) is 119 Å². The van der Waals surface area contributed by atoms with Crippen molar-refractivity contribution < 1.29 is 47.0 Å². The van der Waals surface area contributed by atoms with E-state index >= 15 is 0 Å². The summed E-state index contributed by atoms with van der Waals surface area (Å²) in [4.78, 5) is 69.7. The molecule has 60 heavy (non-hydrogen) atoms. The van der Waals surface area contributed by atoms with E-state index in [2.05, 4.69) is 52.8 Å². The number of hydrogen-bond donors (Lipinski definition) is 3. The Hall–Kier alpha value is -5.94. The topological polar surface area (TPSA) is 157 Å². The summed E-state index contributed by atoms with van der Waals surface area (Å²) < 4.78 is 44.6. The van der Waals surface area contributed by atoms with Crippen molar-refractivity contribution in [1.29, 1.82) is 0 Å². The number of rotatable bonds is 12. The Morgan fingerprint density at radius 2 is 1.55 bits per heavy atom. The molecule has 3 saturated heterocycles. The number of carbonyl (C=O) groups excluding carboxylic acids is 4. The third kappa shape index (κ3) is 8.96. The minimum absolute atomic E-state index is 0.0747. The lowest BCUT2D eigenvalue weighted by molar-refractivity contribution is -0.274. The second-order valence-electron chi connectivity index (χ2n) is 15.9. The minimum Gasteiger partial charge on any atom is -0.465 e. The highest BCUT2D eigenvalue weighted by atomic mass is 19.4. The van der Waals surface area contributed by atoms with Gasteiger partial charge < -0.3 is 29.5 Å². The highest BCUT2D eigenvalue weighted by Crippen LogP contribution is 2.35. The van der Waals surface area contributed by atoms with Crippen LogP contribution in [0.25, 0.3) is 22.0 Å². The molecule has 1 unspecified atom stereocenters. The van der Waals surface area contributed by atoms with Gasteiger partial charge in [0.05, 0.1) is 11.1 Å². The van der Waals surface area contributed by atoms with E-state index in [-0.39, 0.29) is 36.3 Å². The zero-order valence-electron chi connectivity index (χ0n) is 32.9.